The standard InChI is InChI=1S/C17H30N4O9/c1-7(2)12(17(29)30)20-15(27)10(6-22)19-16(28)13(8(3)23)21-14(26)9(18)4-5-11(24)25/h7-10,12-13,22-23H,4-6,18H2,1-3H3,(H,19,28)(H,20,27)(H,21,26)(H,24,25)(H,29,30). The first kappa shape index (κ1) is 27.2. The van der Waals surface area contributed by atoms with Crippen molar-refractivity contribution in [1.29, 1.82) is 0 Å². The summed E-state index contributed by atoms with van der Waals surface area (Å²) in [6, 6.07) is -5.62. The first-order chi connectivity index (χ1) is 13.8. The molecule has 0 radical (unpaired) electrons. The van der Waals surface area contributed by atoms with Crippen molar-refractivity contribution in [2.45, 2.75) is 63.9 Å². The van der Waals surface area contributed by atoms with Gasteiger partial charge in [-0.15, -0.1) is 0 Å². The van der Waals surface area contributed by atoms with Gasteiger partial charge in [0.05, 0.1) is 18.8 Å². The minimum Gasteiger partial charge on any atom is -0.481 e. The quantitative estimate of drug-likeness (QED) is 0.144. The molecular weight excluding hydrogens is 404 g/mol. The molecule has 13 heteroatoms. The number of nitrogens with one attached hydrogen (secondary N) is 3. The maximum atomic E-state index is 12.4. The Labute approximate surface area is 173 Å². The molecule has 0 aromatic rings. The van der Waals surface area contributed by atoms with Crippen LogP contribution in [0.15, 0.2) is 0 Å². The fourth-order valence-corrected chi connectivity index (χ4v) is 2.30. The average Bonchev–Trinajstić information content (AvgIpc) is 2.64. The van der Waals surface area contributed by atoms with Crippen LogP contribution in [-0.4, -0.2) is 87.0 Å². The molecular formula is C17H30N4O9. The molecule has 13 nitrogen and oxygen atoms in total. The van der Waals surface area contributed by atoms with Crippen LogP contribution in [-0.2, 0) is 24.0 Å². The minimum atomic E-state index is -1.56. The maximum Gasteiger partial charge on any atom is 0.326 e. The Kier molecular flexibility index (Phi) is 11.5. The monoisotopic (exact) mass is 434 g/mol. The predicted molar refractivity (Wildman–Crippen MR) is 102 cm³/mol. The van der Waals surface area contributed by atoms with E-state index in [9.17, 15) is 34.2 Å². The molecule has 0 fully saturated rings. The summed E-state index contributed by atoms with van der Waals surface area (Å²) in [6.45, 7) is 3.41. The molecule has 5 unspecified atom stereocenters. The summed E-state index contributed by atoms with van der Waals surface area (Å²) >= 11 is 0. The zero-order valence-corrected chi connectivity index (χ0v) is 17.0. The number of aliphatic hydroxyl groups excluding tert-OH is 2. The van der Waals surface area contributed by atoms with E-state index in [1.165, 1.54) is 6.92 Å². The van der Waals surface area contributed by atoms with Crippen molar-refractivity contribution in [2.75, 3.05) is 6.61 Å². The number of nitrogens with two attached hydrogens (primary N) is 1. The van der Waals surface area contributed by atoms with Crippen LogP contribution in [0, 0.1) is 5.92 Å². The summed E-state index contributed by atoms with van der Waals surface area (Å²) in [5.41, 5.74) is 5.55. The third-order valence-electron chi connectivity index (χ3n) is 4.11. The van der Waals surface area contributed by atoms with Gasteiger partial charge < -0.3 is 42.1 Å². The van der Waals surface area contributed by atoms with E-state index < -0.39 is 72.5 Å². The van der Waals surface area contributed by atoms with Gasteiger partial charge >= 0.3 is 11.9 Å². The van der Waals surface area contributed by atoms with E-state index in [2.05, 4.69) is 16.0 Å². The summed E-state index contributed by atoms with van der Waals surface area (Å²) in [7, 11) is 0. The Morgan fingerprint density at radius 2 is 1.40 bits per heavy atom. The van der Waals surface area contributed by atoms with Crippen molar-refractivity contribution >= 4 is 29.7 Å². The Balaban J connectivity index is 5.13. The van der Waals surface area contributed by atoms with E-state index in [1.807, 2.05) is 0 Å². The Morgan fingerprint density at radius 1 is 0.867 bits per heavy atom. The molecule has 0 aliphatic heterocycles. The first-order valence-electron chi connectivity index (χ1n) is 9.22. The molecule has 3 amide bonds. The fourth-order valence-electron chi connectivity index (χ4n) is 2.30. The van der Waals surface area contributed by atoms with E-state index in [4.69, 9.17) is 15.9 Å². The van der Waals surface area contributed by atoms with E-state index in [-0.39, 0.29) is 12.8 Å². The van der Waals surface area contributed by atoms with Crippen LogP contribution < -0.4 is 21.7 Å². The van der Waals surface area contributed by atoms with Gasteiger partial charge in [-0.05, 0) is 19.3 Å². The molecule has 0 saturated carbocycles. The molecule has 0 aliphatic carbocycles. The van der Waals surface area contributed by atoms with Crippen molar-refractivity contribution < 1.29 is 44.4 Å². The van der Waals surface area contributed by atoms with Gasteiger partial charge in [-0.25, -0.2) is 4.79 Å². The van der Waals surface area contributed by atoms with Gasteiger partial charge in [0.15, 0.2) is 0 Å². The van der Waals surface area contributed by atoms with Crippen molar-refractivity contribution in [3.63, 3.8) is 0 Å². The van der Waals surface area contributed by atoms with E-state index in [0.717, 1.165) is 0 Å². The van der Waals surface area contributed by atoms with Crippen LogP contribution in [0.5, 0.6) is 0 Å². The van der Waals surface area contributed by atoms with Crippen LogP contribution in [0.3, 0.4) is 0 Å². The van der Waals surface area contributed by atoms with Crippen LogP contribution in [0.2, 0.25) is 0 Å². The summed E-state index contributed by atoms with van der Waals surface area (Å²) < 4.78 is 0. The lowest BCUT2D eigenvalue weighted by Crippen LogP contribution is -2.60. The largest absolute Gasteiger partial charge is 0.481 e. The summed E-state index contributed by atoms with van der Waals surface area (Å²) in [5.74, 6) is -5.84. The molecule has 0 spiro atoms. The molecule has 0 rings (SSSR count). The summed E-state index contributed by atoms with van der Waals surface area (Å²) in [5, 5.41) is 43.4. The number of carbonyl (C=O) groups excluding carboxylic acids is 3. The predicted octanol–water partition coefficient (Wildman–Crippen LogP) is -3.25. The number of carboxylic acid groups (broad SMARTS) is 2. The summed E-state index contributed by atoms with van der Waals surface area (Å²) in [4.78, 5) is 58.4. The Bertz CT molecular complexity index is 639. The second-order valence-corrected chi connectivity index (χ2v) is 7.08. The number of hydrogen-bond acceptors (Lipinski definition) is 8. The molecule has 0 bridgehead atoms. The van der Waals surface area contributed by atoms with Gasteiger partial charge in [-0.1, -0.05) is 13.8 Å². The molecule has 0 saturated heterocycles. The number of aliphatic hydroxyl groups is 2. The second kappa shape index (κ2) is 12.7. The average molecular weight is 434 g/mol. The number of amides is 3. The molecule has 0 aliphatic rings. The number of carboxylic acids is 2. The lowest BCUT2D eigenvalue weighted by molar-refractivity contribution is -0.144. The van der Waals surface area contributed by atoms with E-state index >= 15 is 0 Å². The lowest BCUT2D eigenvalue weighted by atomic mass is 10.0. The highest BCUT2D eigenvalue weighted by Gasteiger charge is 2.32. The number of aliphatic carboxylic acids is 2. The highest BCUT2D eigenvalue weighted by Crippen LogP contribution is 2.03. The van der Waals surface area contributed by atoms with E-state index in [0.29, 0.717) is 0 Å². The number of carbonyl (C=O) groups is 5. The highest BCUT2D eigenvalue weighted by atomic mass is 16.4. The number of hydrogen-bond donors (Lipinski definition) is 8. The summed E-state index contributed by atoms with van der Waals surface area (Å²) in [6.07, 6.45) is -2.01. The topological polar surface area (TPSA) is 228 Å². The zero-order chi connectivity index (χ0) is 23.6. The number of rotatable bonds is 13. The van der Waals surface area contributed by atoms with Crippen LogP contribution >= 0.6 is 0 Å². The van der Waals surface area contributed by atoms with Crippen LogP contribution in [0.4, 0.5) is 0 Å². The minimum absolute atomic E-state index is 0.206. The van der Waals surface area contributed by atoms with Crippen molar-refractivity contribution in [3.05, 3.63) is 0 Å². The van der Waals surface area contributed by atoms with Crippen molar-refractivity contribution in [2.24, 2.45) is 11.7 Å². The van der Waals surface area contributed by atoms with E-state index in [1.54, 1.807) is 13.8 Å². The molecule has 5 atom stereocenters. The van der Waals surface area contributed by atoms with Gasteiger partial charge in [-0.3, -0.25) is 19.2 Å². The van der Waals surface area contributed by atoms with Gasteiger partial charge in [-0.2, -0.15) is 0 Å². The Hall–Kier alpha value is -2.77. The molecule has 9 N–H and O–H groups in total. The molecule has 0 aromatic heterocycles. The zero-order valence-electron chi connectivity index (χ0n) is 17.0. The Morgan fingerprint density at radius 3 is 1.80 bits per heavy atom. The third-order valence-corrected chi connectivity index (χ3v) is 4.11. The van der Waals surface area contributed by atoms with Gasteiger partial charge in [0.2, 0.25) is 17.7 Å². The fraction of sp³-hybridized carbons (Fsp3) is 0.706. The lowest BCUT2D eigenvalue weighted by Gasteiger charge is -2.26. The smallest absolute Gasteiger partial charge is 0.326 e. The first-order valence-corrected chi connectivity index (χ1v) is 9.22. The molecule has 172 valence electrons. The molecule has 30 heavy (non-hydrogen) atoms. The van der Waals surface area contributed by atoms with Gasteiger partial charge in [0.25, 0.3) is 0 Å². The SMILES string of the molecule is CC(C)C(NC(=O)C(CO)NC(=O)C(NC(=O)C(N)CCC(=O)O)C(C)O)C(=O)O. The normalized spacial score (nSPS) is 16.0. The van der Waals surface area contributed by atoms with Gasteiger partial charge in [0, 0.05) is 6.42 Å². The third kappa shape index (κ3) is 9.15. The van der Waals surface area contributed by atoms with Crippen LogP contribution in [0.1, 0.15) is 33.6 Å². The van der Waals surface area contributed by atoms with Crippen molar-refractivity contribution in [3.8, 4) is 0 Å². The molecule has 0 heterocycles. The van der Waals surface area contributed by atoms with Crippen molar-refractivity contribution in [1.82, 2.24) is 16.0 Å². The van der Waals surface area contributed by atoms with Crippen LogP contribution in [0.25, 0.3) is 0 Å². The second-order valence-electron chi connectivity index (χ2n) is 7.08. The highest BCUT2D eigenvalue weighted by molar-refractivity contribution is 5.94. The van der Waals surface area contributed by atoms with Gasteiger partial charge in [0.1, 0.15) is 18.1 Å². The molecule has 0 aromatic carbocycles. The maximum absolute atomic E-state index is 12.4.